The zero-order chi connectivity index (χ0) is 22.2. The van der Waals surface area contributed by atoms with Crippen molar-refractivity contribution in [3.05, 3.63) is 48.4 Å². The van der Waals surface area contributed by atoms with Crippen molar-refractivity contribution in [1.29, 1.82) is 0 Å². The zero-order valence-corrected chi connectivity index (χ0v) is 18.7. The van der Waals surface area contributed by atoms with Gasteiger partial charge in [-0.25, -0.2) is 9.50 Å². The van der Waals surface area contributed by atoms with E-state index >= 15 is 0 Å². The molecule has 4 aromatic rings. The number of aromatic nitrogens is 6. The molecule has 2 N–H and O–H groups in total. The molecule has 0 amide bonds. The number of hydrogen-bond acceptors (Lipinski definition) is 6. The number of aryl methyl sites for hydroxylation is 1. The van der Waals surface area contributed by atoms with Gasteiger partial charge in [0.2, 0.25) is 5.82 Å². The van der Waals surface area contributed by atoms with Crippen molar-refractivity contribution in [3.8, 4) is 22.8 Å². The van der Waals surface area contributed by atoms with Gasteiger partial charge in [0.05, 0.1) is 5.69 Å². The molecule has 0 radical (unpaired) electrons. The van der Waals surface area contributed by atoms with E-state index in [1.54, 1.807) is 6.20 Å². The number of aliphatic hydroxyl groups excluding tert-OH is 1. The van der Waals surface area contributed by atoms with E-state index in [0.29, 0.717) is 17.8 Å². The molecule has 0 unspecified atom stereocenters. The van der Waals surface area contributed by atoms with Gasteiger partial charge < -0.3 is 10.4 Å². The van der Waals surface area contributed by atoms with E-state index in [4.69, 9.17) is 15.2 Å². The maximum absolute atomic E-state index is 9.55. The summed E-state index contributed by atoms with van der Waals surface area (Å²) in [5, 5.41) is 22.8. The number of pyridine rings is 1. The molecule has 8 nitrogen and oxygen atoms in total. The first-order valence-electron chi connectivity index (χ1n) is 11.3. The predicted molar refractivity (Wildman–Crippen MR) is 124 cm³/mol. The molecule has 0 saturated heterocycles. The standard InChI is InChI=1S/C24H29N7O/c1-15(2)30-11-9-20(28-30)19-13-31-22(16(19)3)24(26-18-8-7-17(12-18)14-32)27-23(29-31)21-6-4-5-10-25-21/h4-6,9-11,13,15,17-18,32H,7-8,12,14H2,1-3H3,(H,26,27,29)/t17-,18+/m0/s1. The molecule has 0 aromatic carbocycles. The van der Waals surface area contributed by atoms with Gasteiger partial charge in [-0.2, -0.15) is 5.10 Å². The van der Waals surface area contributed by atoms with Gasteiger partial charge in [0, 0.05) is 42.8 Å². The minimum Gasteiger partial charge on any atom is -0.396 e. The summed E-state index contributed by atoms with van der Waals surface area (Å²) in [6.07, 6.45) is 8.79. The van der Waals surface area contributed by atoms with Crippen molar-refractivity contribution in [2.45, 2.75) is 52.1 Å². The lowest BCUT2D eigenvalue weighted by molar-refractivity contribution is 0.229. The van der Waals surface area contributed by atoms with Crippen LogP contribution >= 0.6 is 0 Å². The summed E-state index contributed by atoms with van der Waals surface area (Å²) < 4.78 is 3.87. The highest BCUT2D eigenvalue weighted by Gasteiger charge is 2.26. The van der Waals surface area contributed by atoms with Crippen LogP contribution in [0.1, 0.15) is 44.7 Å². The summed E-state index contributed by atoms with van der Waals surface area (Å²) in [6.45, 7) is 6.57. The average Bonchev–Trinajstić information content (AvgIpc) is 3.53. The molecule has 2 atom stereocenters. The Labute approximate surface area is 187 Å². The van der Waals surface area contributed by atoms with E-state index in [2.05, 4.69) is 31.1 Å². The predicted octanol–water partition coefficient (Wildman–Crippen LogP) is 4.12. The van der Waals surface area contributed by atoms with E-state index in [1.165, 1.54) is 0 Å². The van der Waals surface area contributed by atoms with Crippen LogP contribution in [0, 0.1) is 12.8 Å². The molecule has 1 aliphatic rings. The van der Waals surface area contributed by atoms with Gasteiger partial charge >= 0.3 is 0 Å². The zero-order valence-electron chi connectivity index (χ0n) is 18.7. The first-order chi connectivity index (χ1) is 15.5. The number of fused-ring (bicyclic) bond motifs is 1. The second-order valence-corrected chi connectivity index (χ2v) is 8.94. The number of aliphatic hydroxyl groups is 1. The van der Waals surface area contributed by atoms with Crippen LogP contribution in [0.3, 0.4) is 0 Å². The fourth-order valence-electron chi connectivity index (χ4n) is 4.53. The number of hydrogen-bond donors (Lipinski definition) is 2. The van der Waals surface area contributed by atoms with Crippen LogP contribution in [0.4, 0.5) is 5.82 Å². The first-order valence-corrected chi connectivity index (χ1v) is 11.3. The van der Waals surface area contributed by atoms with Crippen LogP contribution in [-0.2, 0) is 0 Å². The number of nitrogens with one attached hydrogen (secondary N) is 1. The van der Waals surface area contributed by atoms with E-state index < -0.39 is 0 Å². The van der Waals surface area contributed by atoms with E-state index in [9.17, 15) is 5.11 Å². The Hall–Kier alpha value is -3.26. The van der Waals surface area contributed by atoms with Gasteiger partial charge in [-0.05, 0) is 69.7 Å². The largest absolute Gasteiger partial charge is 0.396 e. The minimum atomic E-state index is 0.239. The number of rotatable bonds is 6. The SMILES string of the molecule is Cc1c(-c2ccn(C(C)C)n2)cn2nc(-c3ccccn3)nc(N[C@@H]3CC[C@H](CO)C3)c12. The highest BCUT2D eigenvalue weighted by molar-refractivity contribution is 5.82. The third-order valence-corrected chi connectivity index (χ3v) is 6.33. The molecular weight excluding hydrogens is 402 g/mol. The summed E-state index contributed by atoms with van der Waals surface area (Å²) in [5.74, 6) is 1.73. The van der Waals surface area contributed by atoms with Gasteiger partial charge in [-0.3, -0.25) is 9.67 Å². The Bertz CT molecular complexity index is 1230. The Balaban J connectivity index is 1.62. The molecule has 166 valence electrons. The molecule has 0 aliphatic heterocycles. The van der Waals surface area contributed by atoms with Crippen LogP contribution < -0.4 is 5.32 Å². The van der Waals surface area contributed by atoms with Crippen molar-refractivity contribution < 1.29 is 5.11 Å². The Morgan fingerprint density at radius 2 is 2.03 bits per heavy atom. The van der Waals surface area contributed by atoms with Gasteiger partial charge in [-0.1, -0.05) is 6.07 Å². The topological polar surface area (TPSA) is 93.2 Å². The van der Waals surface area contributed by atoms with Crippen LogP contribution in [0.2, 0.25) is 0 Å². The van der Waals surface area contributed by atoms with Crippen molar-refractivity contribution >= 4 is 11.3 Å². The molecule has 32 heavy (non-hydrogen) atoms. The van der Waals surface area contributed by atoms with Gasteiger partial charge in [0.1, 0.15) is 11.2 Å². The summed E-state index contributed by atoms with van der Waals surface area (Å²) in [6, 6.07) is 8.37. The normalized spacial score (nSPS) is 18.7. The highest BCUT2D eigenvalue weighted by atomic mass is 16.3. The van der Waals surface area contributed by atoms with Crippen molar-refractivity contribution in [2.75, 3.05) is 11.9 Å². The molecule has 1 saturated carbocycles. The van der Waals surface area contributed by atoms with E-state index in [0.717, 1.165) is 53.1 Å². The molecule has 0 bridgehead atoms. The fraction of sp³-hybridized carbons (Fsp3) is 0.417. The molecule has 4 heterocycles. The van der Waals surface area contributed by atoms with Gasteiger partial charge in [0.25, 0.3) is 0 Å². The van der Waals surface area contributed by atoms with Crippen LogP contribution in [-0.4, -0.2) is 47.1 Å². The number of nitrogens with zero attached hydrogens (tertiary/aromatic N) is 6. The van der Waals surface area contributed by atoms with Crippen LogP contribution in [0.25, 0.3) is 28.3 Å². The third kappa shape index (κ3) is 3.75. The molecule has 1 aliphatic carbocycles. The van der Waals surface area contributed by atoms with Crippen molar-refractivity contribution in [3.63, 3.8) is 0 Å². The van der Waals surface area contributed by atoms with Gasteiger partial charge in [-0.15, -0.1) is 5.10 Å². The molecule has 0 spiro atoms. The summed E-state index contributed by atoms with van der Waals surface area (Å²) in [7, 11) is 0. The van der Waals surface area contributed by atoms with Crippen molar-refractivity contribution in [1.82, 2.24) is 29.4 Å². The summed E-state index contributed by atoms with van der Waals surface area (Å²) in [5.41, 5.74) is 4.74. The van der Waals surface area contributed by atoms with E-state index in [1.807, 2.05) is 45.9 Å². The fourth-order valence-corrected chi connectivity index (χ4v) is 4.53. The number of anilines is 1. The molecule has 1 fully saturated rings. The van der Waals surface area contributed by atoms with Crippen LogP contribution in [0.15, 0.2) is 42.9 Å². The second-order valence-electron chi connectivity index (χ2n) is 8.94. The quantitative estimate of drug-likeness (QED) is 0.477. The lowest BCUT2D eigenvalue weighted by Crippen LogP contribution is -2.18. The van der Waals surface area contributed by atoms with Gasteiger partial charge in [0.15, 0.2) is 5.82 Å². The monoisotopic (exact) mass is 431 g/mol. The smallest absolute Gasteiger partial charge is 0.200 e. The second kappa shape index (κ2) is 8.35. The lowest BCUT2D eigenvalue weighted by atomic mass is 10.1. The maximum atomic E-state index is 9.55. The Morgan fingerprint density at radius 1 is 1.16 bits per heavy atom. The molecular formula is C24H29N7O. The molecule has 8 heteroatoms. The lowest BCUT2D eigenvalue weighted by Gasteiger charge is -2.16. The van der Waals surface area contributed by atoms with Crippen molar-refractivity contribution in [2.24, 2.45) is 5.92 Å². The summed E-state index contributed by atoms with van der Waals surface area (Å²) >= 11 is 0. The third-order valence-electron chi connectivity index (χ3n) is 6.33. The Morgan fingerprint density at radius 3 is 2.72 bits per heavy atom. The minimum absolute atomic E-state index is 0.239. The highest BCUT2D eigenvalue weighted by Crippen LogP contribution is 2.34. The average molecular weight is 432 g/mol. The first kappa shape index (κ1) is 20.6. The molecule has 5 rings (SSSR count). The van der Waals surface area contributed by atoms with E-state index in [-0.39, 0.29) is 12.6 Å². The Kier molecular flexibility index (Phi) is 5.38. The van der Waals surface area contributed by atoms with Crippen LogP contribution in [0.5, 0.6) is 0 Å². The molecule has 4 aromatic heterocycles. The maximum Gasteiger partial charge on any atom is 0.200 e. The summed E-state index contributed by atoms with van der Waals surface area (Å²) in [4.78, 5) is 9.34.